The Morgan fingerprint density at radius 1 is 1.26 bits per heavy atom. The Bertz CT molecular complexity index is 765. The van der Waals surface area contributed by atoms with Crippen molar-refractivity contribution in [1.29, 1.82) is 0 Å². The Morgan fingerprint density at radius 3 is 2.68 bits per heavy atom. The van der Waals surface area contributed by atoms with Crippen molar-refractivity contribution in [2.45, 2.75) is 0 Å². The second kappa shape index (κ2) is 4.16. The second-order valence-corrected chi connectivity index (χ2v) is 3.91. The molecule has 0 saturated carbocycles. The lowest BCUT2D eigenvalue weighted by Crippen LogP contribution is -1.98. The summed E-state index contributed by atoms with van der Waals surface area (Å²) in [7, 11) is 0. The van der Waals surface area contributed by atoms with E-state index in [1.54, 1.807) is 28.8 Å². The van der Waals surface area contributed by atoms with E-state index < -0.39 is 5.97 Å². The van der Waals surface area contributed by atoms with Crippen LogP contribution < -0.4 is 0 Å². The number of aromatic nitrogens is 3. The molecule has 1 N–H and O–H groups in total. The van der Waals surface area contributed by atoms with Gasteiger partial charge in [-0.05, 0) is 30.3 Å². The van der Waals surface area contributed by atoms with Crippen molar-refractivity contribution >= 4 is 11.6 Å². The molecular weight excluding hydrogens is 249 g/mol. The molecule has 3 aromatic rings. The highest BCUT2D eigenvalue weighted by Crippen LogP contribution is 2.21. The molecule has 5 nitrogen and oxygen atoms in total. The summed E-state index contributed by atoms with van der Waals surface area (Å²) in [6.45, 7) is 0. The van der Waals surface area contributed by atoms with Crippen LogP contribution in [0.4, 0.5) is 4.39 Å². The Kier molecular flexibility index (Phi) is 2.49. The standard InChI is InChI=1S/C13H8FN3O2/c14-9-4-2-8(3-5-9)11-16-10(13(18)19)12-15-6-1-7-17(11)12/h1-7H,(H,18,19). The van der Waals surface area contributed by atoms with Crippen molar-refractivity contribution in [2.75, 3.05) is 0 Å². The van der Waals surface area contributed by atoms with Gasteiger partial charge in [0.15, 0.2) is 11.3 Å². The molecule has 2 aromatic heterocycles. The van der Waals surface area contributed by atoms with Gasteiger partial charge in [0.2, 0.25) is 0 Å². The lowest BCUT2D eigenvalue weighted by Gasteiger charge is -1.99. The number of nitrogens with zero attached hydrogens (tertiary/aromatic N) is 3. The first-order chi connectivity index (χ1) is 9.16. The minimum absolute atomic E-state index is 0.125. The second-order valence-electron chi connectivity index (χ2n) is 3.91. The van der Waals surface area contributed by atoms with Crippen LogP contribution in [0.5, 0.6) is 0 Å². The van der Waals surface area contributed by atoms with Gasteiger partial charge in [0.05, 0.1) is 0 Å². The molecule has 94 valence electrons. The summed E-state index contributed by atoms with van der Waals surface area (Å²) in [5, 5.41) is 9.11. The van der Waals surface area contributed by atoms with E-state index >= 15 is 0 Å². The van der Waals surface area contributed by atoms with E-state index in [-0.39, 0.29) is 17.2 Å². The molecule has 0 amide bonds. The first kappa shape index (κ1) is 11.3. The zero-order valence-corrected chi connectivity index (χ0v) is 9.62. The van der Waals surface area contributed by atoms with E-state index in [9.17, 15) is 9.18 Å². The van der Waals surface area contributed by atoms with Crippen molar-refractivity contribution < 1.29 is 14.3 Å². The van der Waals surface area contributed by atoms with Crippen LogP contribution in [-0.4, -0.2) is 25.4 Å². The fourth-order valence-corrected chi connectivity index (χ4v) is 1.87. The predicted molar refractivity (Wildman–Crippen MR) is 65.3 cm³/mol. The number of carboxylic acids is 1. The lowest BCUT2D eigenvalue weighted by atomic mass is 10.2. The molecule has 6 heteroatoms. The number of aromatic carboxylic acids is 1. The average molecular weight is 257 g/mol. The highest BCUT2D eigenvalue weighted by molar-refractivity contribution is 5.93. The number of hydrogen-bond acceptors (Lipinski definition) is 3. The van der Waals surface area contributed by atoms with Crippen LogP contribution in [0.3, 0.4) is 0 Å². The molecule has 19 heavy (non-hydrogen) atoms. The van der Waals surface area contributed by atoms with Gasteiger partial charge in [0.1, 0.15) is 11.6 Å². The van der Waals surface area contributed by atoms with Crippen LogP contribution in [0, 0.1) is 5.82 Å². The molecule has 2 heterocycles. The third-order valence-corrected chi connectivity index (χ3v) is 2.71. The van der Waals surface area contributed by atoms with Gasteiger partial charge in [0, 0.05) is 18.0 Å². The summed E-state index contributed by atoms with van der Waals surface area (Å²) < 4.78 is 14.5. The van der Waals surface area contributed by atoms with Crippen molar-refractivity contribution in [2.24, 2.45) is 0 Å². The molecule has 0 bridgehead atoms. The molecule has 0 saturated heterocycles. The monoisotopic (exact) mass is 257 g/mol. The minimum Gasteiger partial charge on any atom is -0.476 e. The van der Waals surface area contributed by atoms with Crippen LogP contribution in [0.2, 0.25) is 0 Å². The minimum atomic E-state index is -1.15. The smallest absolute Gasteiger partial charge is 0.358 e. The summed E-state index contributed by atoms with van der Waals surface area (Å²) in [4.78, 5) is 19.2. The highest BCUT2D eigenvalue weighted by Gasteiger charge is 2.18. The summed E-state index contributed by atoms with van der Waals surface area (Å²) in [5.74, 6) is -1.09. The Balaban J connectivity index is 2.29. The third kappa shape index (κ3) is 1.83. The summed E-state index contributed by atoms with van der Waals surface area (Å²) >= 11 is 0. The number of imidazole rings is 1. The number of carbonyl (C=O) groups is 1. The summed E-state index contributed by atoms with van der Waals surface area (Å²) in [5.41, 5.74) is 0.756. The first-order valence-electron chi connectivity index (χ1n) is 5.49. The largest absolute Gasteiger partial charge is 0.476 e. The van der Waals surface area contributed by atoms with Gasteiger partial charge in [-0.15, -0.1) is 0 Å². The van der Waals surface area contributed by atoms with E-state index in [1.807, 2.05) is 0 Å². The third-order valence-electron chi connectivity index (χ3n) is 2.71. The molecule has 0 atom stereocenters. The quantitative estimate of drug-likeness (QED) is 0.764. The van der Waals surface area contributed by atoms with E-state index in [2.05, 4.69) is 9.97 Å². The maximum Gasteiger partial charge on any atom is 0.358 e. The average Bonchev–Trinajstić information content (AvgIpc) is 2.79. The highest BCUT2D eigenvalue weighted by atomic mass is 19.1. The van der Waals surface area contributed by atoms with Gasteiger partial charge >= 0.3 is 5.97 Å². The number of hydrogen-bond donors (Lipinski definition) is 1. The zero-order chi connectivity index (χ0) is 13.4. The molecule has 0 radical (unpaired) electrons. The Hall–Kier alpha value is -2.76. The van der Waals surface area contributed by atoms with Crippen LogP contribution in [0.15, 0.2) is 42.7 Å². The van der Waals surface area contributed by atoms with Gasteiger partial charge in [-0.1, -0.05) is 0 Å². The van der Waals surface area contributed by atoms with Gasteiger partial charge < -0.3 is 5.11 Å². The number of carboxylic acid groups (broad SMARTS) is 1. The van der Waals surface area contributed by atoms with Gasteiger partial charge in [-0.3, -0.25) is 4.40 Å². The molecule has 0 aliphatic heterocycles. The van der Waals surface area contributed by atoms with Gasteiger partial charge in [-0.2, -0.15) is 0 Å². The van der Waals surface area contributed by atoms with E-state index in [0.29, 0.717) is 11.4 Å². The van der Waals surface area contributed by atoms with E-state index in [0.717, 1.165) is 0 Å². The Labute approximate surface area is 107 Å². The number of halogens is 1. The predicted octanol–water partition coefficient (Wildman–Crippen LogP) is 2.23. The zero-order valence-electron chi connectivity index (χ0n) is 9.62. The van der Waals surface area contributed by atoms with Crippen LogP contribution >= 0.6 is 0 Å². The maximum absolute atomic E-state index is 12.9. The summed E-state index contributed by atoms with van der Waals surface area (Å²) in [6.07, 6.45) is 3.17. The normalized spacial score (nSPS) is 10.8. The van der Waals surface area contributed by atoms with Gasteiger partial charge in [-0.25, -0.2) is 19.2 Å². The van der Waals surface area contributed by atoms with Gasteiger partial charge in [0.25, 0.3) is 0 Å². The molecule has 0 spiro atoms. The number of rotatable bonds is 2. The molecule has 0 aliphatic carbocycles. The van der Waals surface area contributed by atoms with Crippen molar-refractivity contribution in [3.05, 3.63) is 54.2 Å². The van der Waals surface area contributed by atoms with Crippen molar-refractivity contribution in [3.8, 4) is 11.4 Å². The molecule has 3 rings (SSSR count). The van der Waals surface area contributed by atoms with Crippen molar-refractivity contribution in [1.82, 2.24) is 14.4 Å². The SMILES string of the molecule is O=C(O)c1nc(-c2ccc(F)cc2)n2cccnc12. The molecule has 0 fully saturated rings. The maximum atomic E-state index is 12.9. The van der Waals surface area contributed by atoms with Crippen LogP contribution in [-0.2, 0) is 0 Å². The molecule has 0 unspecified atom stereocenters. The molecule has 0 aliphatic rings. The number of benzene rings is 1. The van der Waals surface area contributed by atoms with Crippen molar-refractivity contribution in [3.63, 3.8) is 0 Å². The number of fused-ring (bicyclic) bond motifs is 1. The van der Waals surface area contributed by atoms with E-state index in [4.69, 9.17) is 5.11 Å². The summed E-state index contributed by atoms with van der Waals surface area (Å²) in [6, 6.07) is 7.36. The van der Waals surface area contributed by atoms with Crippen LogP contribution in [0.25, 0.3) is 17.0 Å². The fourth-order valence-electron chi connectivity index (χ4n) is 1.87. The lowest BCUT2D eigenvalue weighted by molar-refractivity contribution is 0.0693. The van der Waals surface area contributed by atoms with E-state index in [1.165, 1.54) is 18.3 Å². The van der Waals surface area contributed by atoms with Crippen LogP contribution in [0.1, 0.15) is 10.5 Å². The Morgan fingerprint density at radius 2 is 2.00 bits per heavy atom. The molecule has 1 aromatic carbocycles. The fraction of sp³-hybridized carbons (Fsp3) is 0. The first-order valence-corrected chi connectivity index (χ1v) is 5.49. The molecular formula is C13H8FN3O2. The topological polar surface area (TPSA) is 67.5 Å².